The lowest BCUT2D eigenvalue weighted by Gasteiger charge is -2.31. The Morgan fingerprint density at radius 3 is 2.42 bits per heavy atom. The molecular weight excluding hydrogens is 234 g/mol. The van der Waals surface area contributed by atoms with Gasteiger partial charge in [-0.3, -0.25) is 0 Å². The average molecular weight is 261 g/mol. The van der Waals surface area contributed by atoms with Gasteiger partial charge in [0, 0.05) is 6.04 Å². The monoisotopic (exact) mass is 261 g/mol. The van der Waals surface area contributed by atoms with Crippen LogP contribution in [-0.2, 0) is 0 Å². The Hall–Kier alpha value is -1.02. The molecule has 2 nitrogen and oxygen atoms in total. The fraction of sp³-hybridized carbons (Fsp3) is 0.647. The molecule has 19 heavy (non-hydrogen) atoms. The molecule has 0 heterocycles. The Labute approximate surface area is 117 Å². The van der Waals surface area contributed by atoms with Crippen LogP contribution in [0.1, 0.15) is 44.7 Å². The number of aryl methyl sites for hydroxylation is 2. The molecule has 0 aromatic heterocycles. The summed E-state index contributed by atoms with van der Waals surface area (Å²) in [5, 5.41) is 3.61. The summed E-state index contributed by atoms with van der Waals surface area (Å²) in [6, 6.07) is 6.91. The van der Waals surface area contributed by atoms with Gasteiger partial charge in [0.25, 0.3) is 0 Å². The summed E-state index contributed by atoms with van der Waals surface area (Å²) in [4.78, 5) is 0. The number of nitrogens with one attached hydrogen (secondary N) is 1. The summed E-state index contributed by atoms with van der Waals surface area (Å²) in [6.07, 6.45) is 2.65. The minimum Gasteiger partial charge on any atom is -0.489 e. The van der Waals surface area contributed by atoms with Crippen LogP contribution in [0.4, 0.5) is 0 Å². The first-order valence-electron chi connectivity index (χ1n) is 7.41. The van der Waals surface area contributed by atoms with Crippen molar-refractivity contribution >= 4 is 0 Å². The predicted octanol–water partition coefficient (Wildman–Crippen LogP) is 3.85. The van der Waals surface area contributed by atoms with Crippen molar-refractivity contribution in [3.63, 3.8) is 0 Å². The van der Waals surface area contributed by atoms with Crippen LogP contribution in [0.25, 0.3) is 0 Å². The van der Waals surface area contributed by atoms with E-state index >= 15 is 0 Å². The molecule has 106 valence electrons. The maximum Gasteiger partial charge on any atom is 0.120 e. The average Bonchev–Trinajstić information content (AvgIpc) is 2.55. The quantitative estimate of drug-likeness (QED) is 0.889. The Morgan fingerprint density at radius 1 is 1.21 bits per heavy atom. The molecule has 2 unspecified atom stereocenters. The molecule has 0 bridgehead atoms. The van der Waals surface area contributed by atoms with Crippen molar-refractivity contribution < 1.29 is 4.74 Å². The summed E-state index contributed by atoms with van der Waals surface area (Å²) in [7, 11) is 0. The Morgan fingerprint density at radius 2 is 1.84 bits per heavy atom. The highest BCUT2D eigenvalue weighted by Gasteiger charge is 2.42. The number of rotatable bonds is 4. The fourth-order valence-electron chi connectivity index (χ4n) is 3.27. The maximum absolute atomic E-state index is 6.28. The van der Waals surface area contributed by atoms with E-state index in [0.717, 1.165) is 18.7 Å². The molecular formula is C17H27NO. The van der Waals surface area contributed by atoms with Crippen molar-refractivity contribution in [2.75, 3.05) is 6.54 Å². The summed E-state index contributed by atoms with van der Waals surface area (Å²) in [6.45, 7) is 12.1. The van der Waals surface area contributed by atoms with Crippen LogP contribution in [0.5, 0.6) is 5.75 Å². The third kappa shape index (κ3) is 3.30. The molecule has 0 spiro atoms. The van der Waals surface area contributed by atoms with E-state index in [1.165, 1.54) is 17.5 Å². The van der Waals surface area contributed by atoms with Gasteiger partial charge in [-0.15, -0.1) is 0 Å². The van der Waals surface area contributed by atoms with E-state index in [0.29, 0.717) is 11.5 Å². The molecule has 0 aliphatic heterocycles. The van der Waals surface area contributed by atoms with E-state index in [1.807, 2.05) is 0 Å². The molecule has 1 aliphatic rings. The van der Waals surface area contributed by atoms with Crippen LogP contribution in [0.2, 0.25) is 0 Å². The second-order valence-corrected chi connectivity index (χ2v) is 6.54. The van der Waals surface area contributed by atoms with Crippen molar-refractivity contribution in [1.82, 2.24) is 5.32 Å². The molecule has 0 saturated heterocycles. The standard InChI is InChI=1S/C17H27NO/c1-6-18-16-15(7-8-17(16,4)5)19-14-10-12(2)9-13(3)11-14/h9-11,15-16,18H,6-8H2,1-5H3. The van der Waals surface area contributed by atoms with Gasteiger partial charge in [-0.05, 0) is 61.9 Å². The van der Waals surface area contributed by atoms with Crippen molar-refractivity contribution in [1.29, 1.82) is 0 Å². The zero-order chi connectivity index (χ0) is 14.0. The molecule has 1 fully saturated rings. The number of likely N-dealkylation sites (N-methyl/N-ethyl adjacent to an activating group) is 1. The lowest BCUT2D eigenvalue weighted by Crippen LogP contribution is -2.46. The lowest BCUT2D eigenvalue weighted by molar-refractivity contribution is 0.141. The molecule has 0 amide bonds. The molecule has 1 N–H and O–H groups in total. The normalized spacial score (nSPS) is 25.5. The van der Waals surface area contributed by atoms with Crippen molar-refractivity contribution in [2.45, 2.75) is 59.6 Å². The summed E-state index contributed by atoms with van der Waals surface area (Å²) in [5.74, 6) is 1.02. The number of hydrogen-bond donors (Lipinski definition) is 1. The molecule has 1 aromatic rings. The fourth-order valence-corrected chi connectivity index (χ4v) is 3.27. The first-order chi connectivity index (χ1) is 8.92. The molecule has 1 aromatic carbocycles. The van der Waals surface area contributed by atoms with Crippen LogP contribution >= 0.6 is 0 Å². The number of benzene rings is 1. The Kier molecular flexibility index (Phi) is 4.19. The van der Waals surface area contributed by atoms with Crippen molar-refractivity contribution in [2.24, 2.45) is 5.41 Å². The van der Waals surface area contributed by atoms with E-state index in [-0.39, 0.29) is 6.10 Å². The first kappa shape index (κ1) is 14.4. The highest BCUT2D eigenvalue weighted by atomic mass is 16.5. The van der Waals surface area contributed by atoms with Gasteiger partial charge in [0.15, 0.2) is 0 Å². The summed E-state index contributed by atoms with van der Waals surface area (Å²) < 4.78 is 6.28. The van der Waals surface area contributed by atoms with Gasteiger partial charge in [0.1, 0.15) is 11.9 Å². The molecule has 0 radical (unpaired) electrons. The van der Waals surface area contributed by atoms with Crippen LogP contribution in [-0.4, -0.2) is 18.7 Å². The van der Waals surface area contributed by atoms with Crippen LogP contribution in [0, 0.1) is 19.3 Å². The molecule has 1 aliphatic carbocycles. The third-order valence-corrected chi connectivity index (χ3v) is 4.19. The second kappa shape index (κ2) is 5.54. The highest BCUT2D eigenvalue weighted by molar-refractivity contribution is 5.33. The van der Waals surface area contributed by atoms with Gasteiger partial charge in [-0.1, -0.05) is 26.8 Å². The largest absolute Gasteiger partial charge is 0.489 e. The van der Waals surface area contributed by atoms with Crippen molar-refractivity contribution in [3.8, 4) is 5.75 Å². The van der Waals surface area contributed by atoms with Gasteiger partial charge in [-0.25, -0.2) is 0 Å². The number of hydrogen-bond acceptors (Lipinski definition) is 2. The van der Waals surface area contributed by atoms with Gasteiger partial charge >= 0.3 is 0 Å². The van der Waals surface area contributed by atoms with E-state index in [2.05, 4.69) is 58.1 Å². The zero-order valence-corrected chi connectivity index (χ0v) is 12.9. The number of ether oxygens (including phenoxy) is 1. The smallest absolute Gasteiger partial charge is 0.120 e. The molecule has 2 rings (SSSR count). The van der Waals surface area contributed by atoms with E-state index in [1.54, 1.807) is 0 Å². The topological polar surface area (TPSA) is 21.3 Å². The maximum atomic E-state index is 6.28. The van der Waals surface area contributed by atoms with Gasteiger partial charge < -0.3 is 10.1 Å². The summed E-state index contributed by atoms with van der Waals surface area (Å²) in [5.41, 5.74) is 2.86. The van der Waals surface area contributed by atoms with E-state index in [9.17, 15) is 0 Å². The highest BCUT2D eigenvalue weighted by Crippen LogP contribution is 2.39. The minimum absolute atomic E-state index is 0.288. The molecule has 2 heteroatoms. The lowest BCUT2D eigenvalue weighted by atomic mass is 9.87. The van der Waals surface area contributed by atoms with E-state index in [4.69, 9.17) is 4.74 Å². The molecule has 2 atom stereocenters. The SMILES string of the molecule is CCNC1C(Oc2cc(C)cc(C)c2)CCC1(C)C. The molecule has 1 saturated carbocycles. The first-order valence-corrected chi connectivity index (χ1v) is 7.41. The van der Waals surface area contributed by atoms with Crippen LogP contribution in [0.3, 0.4) is 0 Å². The van der Waals surface area contributed by atoms with Gasteiger partial charge in [0.05, 0.1) is 0 Å². The van der Waals surface area contributed by atoms with Gasteiger partial charge in [-0.2, -0.15) is 0 Å². The third-order valence-electron chi connectivity index (χ3n) is 4.19. The van der Waals surface area contributed by atoms with Crippen LogP contribution < -0.4 is 10.1 Å². The Balaban J connectivity index is 2.13. The summed E-state index contributed by atoms with van der Waals surface area (Å²) >= 11 is 0. The van der Waals surface area contributed by atoms with E-state index < -0.39 is 0 Å². The minimum atomic E-state index is 0.288. The predicted molar refractivity (Wildman–Crippen MR) is 80.8 cm³/mol. The second-order valence-electron chi connectivity index (χ2n) is 6.54. The van der Waals surface area contributed by atoms with Gasteiger partial charge in [0.2, 0.25) is 0 Å². The zero-order valence-electron chi connectivity index (χ0n) is 12.9. The Bertz CT molecular complexity index is 419. The van der Waals surface area contributed by atoms with Crippen molar-refractivity contribution in [3.05, 3.63) is 29.3 Å². The van der Waals surface area contributed by atoms with Crippen LogP contribution in [0.15, 0.2) is 18.2 Å².